The summed E-state index contributed by atoms with van der Waals surface area (Å²) in [5.74, 6) is 1.75. The van der Waals surface area contributed by atoms with Gasteiger partial charge in [-0.2, -0.15) is 0 Å². The monoisotopic (exact) mass is 223 g/mol. The highest BCUT2D eigenvalue weighted by Gasteiger charge is 2.18. The zero-order valence-electron chi connectivity index (χ0n) is 8.36. The van der Waals surface area contributed by atoms with Gasteiger partial charge in [-0.1, -0.05) is 0 Å². The van der Waals surface area contributed by atoms with E-state index in [1.54, 1.807) is 0 Å². The number of hydrogen-bond donors (Lipinski definition) is 1. The molecule has 15 heavy (non-hydrogen) atoms. The molecule has 1 N–H and O–H groups in total. The third-order valence-corrected chi connectivity index (χ3v) is 3.92. The van der Waals surface area contributed by atoms with Gasteiger partial charge in [-0.15, -0.1) is 11.8 Å². The maximum absolute atomic E-state index is 5.35. The Kier molecular flexibility index (Phi) is 2.46. The van der Waals surface area contributed by atoms with E-state index in [1.807, 2.05) is 17.8 Å². The van der Waals surface area contributed by atoms with E-state index in [9.17, 15) is 0 Å². The number of thioether (sulfide) groups is 1. The highest BCUT2D eigenvalue weighted by molar-refractivity contribution is 8.00. The normalized spacial score (nSPS) is 23.3. The van der Waals surface area contributed by atoms with Crippen LogP contribution in [0.1, 0.15) is 6.42 Å². The predicted molar refractivity (Wildman–Crippen MR) is 59.7 cm³/mol. The summed E-state index contributed by atoms with van der Waals surface area (Å²) in [6.45, 7) is 2.61. The lowest BCUT2D eigenvalue weighted by atomic mass is 10.3. The van der Waals surface area contributed by atoms with Crippen LogP contribution in [-0.4, -0.2) is 25.1 Å². The van der Waals surface area contributed by atoms with Crippen LogP contribution in [0.15, 0.2) is 23.1 Å². The van der Waals surface area contributed by atoms with E-state index in [4.69, 9.17) is 9.47 Å². The van der Waals surface area contributed by atoms with Gasteiger partial charge in [0, 0.05) is 16.7 Å². The molecule has 0 aliphatic carbocycles. The van der Waals surface area contributed by atoms with E-state index in [-0.39, 0.29) is 0 Å². The molecule has 0 spiro atoms. The van der Waals surface area contributed by atoms with Gasteiger partial charge in [0.05, 0.1) is 0 Å². The first-order valence-corrected chi connectivity index (χ1v) is 6.07. The van der Waals surface area contributed by atoms with Gasteiger partial charge >= 0.3 is 0 Å². The van der Waals surface area contributed by atoms with Crippen molar-refractivity contribution in [2.24, 2.45) is 0 Å². The van der Waals surface area contributed by atoms with Gasteiger partial charge in [-0.3, -0.25) is 0 Å². The van der Waals surface area contributed by atoms with Crippen molar-refractivity contribution in [3.63, 3.8) is 0 Å². The standard InChI is InChI=1S/C11H13NO2S/c1-2-10-11(14-7-13-10)5-8(1)15-9-3-4-12-6-9/h1-2,5,9,12H,3-4,6-7H2. The van der Waals surface area contributed by atoms with Crippen LogP contribution in [0.3, 0.4) is 0 Å². The molecule has 0 amide bonds. The quantitative estimate of drug-likeness (QED) is 0.829. The largest absolute Gasteiger partial charge is 0.454 e. The summed E-state index contributed by atoms with van der Waals surface area (Å²) >= 11 is 1.92. The molecule has 1 saturated heterocycles. The van der Waals surface area contributed by atoms with Crippen molar-refractivity contribution >= 4 is 11.8 Å². The summed E-state index contributed by atoms with van der Waals surface area (Å²) in [5, 5.41) is 4.07. The number of ether oxygens (including phenoxy) is 2. The molecule has 80 valence electrons. The molecule has 0 bridgehead atoms. The van der Waals surface area contributed by atoms with Crippen molar-refractivity contribution < 1.29 is 9.47 Å². The van der Waals surface area contributed by atoms with Gasteiger partial charge in [0.15, 0.2) is 11.5 Å². The molecule has 2 aliphatic heterocycles. The fraction of sp³-hybridized carbons (Fsp3) is 0.455. The van der Waals surface area contributed by atoms with Crippen molar-refractivity contribution in [1.82, 2.24) is 5.32 Å². The molecule has 1 aromatic rings. The lowest BCUT2D eigenvalue weighted by Crippen LogP contribution is -2.09. The summed E-state index contributed by atoms with van der Waals surface area (Å²) in [6.07, 6.45) is 1.25. The molecule has 1 aromatic carbocycles. The molecule has 1 atom stereocenters. The fourth-order valence-corrected chi connectivity index (χ4v) is 3.01. The SMILES string of the molecule is c1cc2c(cc1SC1CCNC1)OCO2. The second-order valence-electron chi connectivity index (χ2n) is 3.75. The van der Waals surface area contributed by atoms with E-state index in [2.05, 4.69) is 17.4 Å². The van der Waals surface area contributed by atoms with E-state index in [0.29, 0.717) is 12.0 Å². The number of rotatable bonds is 2. The van der Waals surface area contributed by atoms with Gasteiger partial charge in [-0.25, -0.2) is 0 Å². The summed E-state index contributed by atoms with van der Waals surface area (Å²) in [4.78, 5) is 1.27. The Hall–Kier alpha value is -0.870. The van der Waals surface area contributed by atoms with Gasteiger partial charge < -0.3 is 14.8 Å². The second kappa shape index (κ2) is 3.94. The average Bonchev–Trinajstić information content (AvgIpc) is 2.87. The Balaban J connectivity index is 1.75. The zero-order chi connectivity index (χ0) is 10.1. The summed E-state index contributed by atoms with van der Waals surface area (Å²) < 4.78 is 10.6. The van der Waals surface area contributed by atoms with Crippen LogP contribution >= 0.6 is 11.8 Å². The van der Waals surface area contributed by atoms with Crippen LogP contribution in [0.2, 0.25) is 0 Å². The molecule has 2 heterocycles. The maximum Gasteiger partial charge on any atom is 0.231 e. The van der Waals surface area contributed by atoms with E-state index in [0.717, 1.165) is 24.6 Å². The molecule has 2 aliphatic rings. The van der Waals surface area contributed by atoms with E-state index >= 15 is 0 Å². The molecule has 0 radical (unpaired) electrons. The number of benzene rings is 1. The molecular formula is C11H13NO2S. The van der Waals surface area contributed by atoms with Crippen LogP contribution in [0.4, 0.5) is 0 Å². The molecule has 3 rings (SSSR count). The van der Waals surface area contributed by atoms with Crippen molar-refractivity contribution in [2.45, 2.75) is 16.6 Å². The molecule has 1 fully saturated rings. The first-order chi connectivity index (χ1) is 7.42. The molecule has 0 saturated carbocycles. The molecular weight excluding hydrogens is 210 g/mol. The first kappa shape index (κ1) is 9.36. The lowest BCUT2D eigenvalue weighted by Gasteiger charge is -2.08. The van der Waals surface area contributed by atoms with Crippen molar-refractivity contribution in [1.29, 1.82) is 0 Å². The Morgan fingerprint density at radius 1 is 1.27 bits per heavy atom. The Morgan fingerprint density at radius 2 is 2.20 bits per heavy atom. The summed E-state index contributed by atoms with van der Waals surface area (Å²) in [7, 11) is 0. The van der Waals surface area contributed by atoms with Crippen molar-refractivity contribution in [3.8, 4) is 11.5 Å². The number of nitrogens with one attached hydrogen (secondary N) is 1. The zero-order valence-corrected chi connectivity index (χ0v) is 9.18. The fourth-order valence-electron chi connectivity index (χ4n) is 1.87. The maximum atomic E-state index is 5.35. The predicted octanol–water partition coefficient (Wildman–Crippen LogP) is 1.87. The Labute approximate surface area is 93.1 Å². The van der Waals surface area contributed by atoms with E-state index < -0.39 is 0 Å². The Morgan fingerprint density at radius 3 is 3.07 bits per heavy atom. The number of fused-ring (bicyclic) bond motifs is 1. The minimum atomic E-state index is 0.356. The lowest BCUT2D eigenvalue weighted by molar-refractivity contribution is 0.174. The highest BCUT2D eigenvalue weighted by atomic mass is 32.2. The molecule has 3 nitrogen and oxygen atoms in total. The average molecular weight is 223 g/mol. The summed E-state index contributed by atoms with van der Waals surface area (Å²) in [6, 6.07) is 6.18. The third kappa shape index (κ3) is 1.92. The first-order valence-electron chi connectivity index (χ1n) is 5.19. The van der Waals surface area contributed by atoms with Gasteiger partial charge in [0.1, 0.15) is 0 Å². The van der Waals surface area contributed by atoms with Crippen molar-refractivity contribution in [3.05, 3.63) is 18.2 Å². The number of hydrogen-bond acceptors (Lipinski definition) is 4. The van der Waals surface area contributed by atoms with Crippen LogP contribution in [0.25, 0.3) is 0 Å². The van der Waals surface area contributed by atoms with Gasteiger partial charge in [0.2, 0.25) is 6.79 Å². The van der Waals surface area contributed by atoms with Crippen LogP contribution in [0, 0.1) is 0 Å². The van der Waals surface area contributed by atoms with Crippen LogP contribution in [0.5, 0.6) is 11.5 Å². The molecule has 4 heteroatoms. The Bertz CT molecular complexity index is 364. The summed E-state index contributed by atoms with van der Waals surface area (Å²) in [5.41, 5.74) is 0. The van der Waals surface area contributed by atoms with Gasteiger partial charge in [0.25, 0.3) is 0 Å². The molecule has 0 aromatic heterocycles. The molecule has 1 unspecified atom stereocenters. The van der Waals surface area contributed by atoms with Crippen molar-refractivity contribution in [2.75, 3.05) is 19.9 Å². The van der Waals surface area contributed by atoms with E-state index in [1.165, 1.54) is 11.3 Å². The topological polar surface area (TPSA) is 30.5 Å². The third-order valence-electron chi connectivity index (χ3n) is 2.66. The van der Waals surface area contributed by atoms with Crippen LogP contribution in [-0.2, 0) is 0 Å². The second-order valence-corrected chi connectivity index (χ2v) is 5.12. The van der Waals surface area contributed by atoms with Gasteiger partial charge in [-0.05, 0) is 31.2 Å². The highest BCUT2D eigenvalue weighted by Crippen LogP contribution is 2.37. The smallest absolute Gasteiger partial charge is 0.231 e. The van der Waals surface area contributed by atoms with Crippen LogP contribution < -0.4 is 14.8 Å². The minimum Gasteiger partial charge on any atom is -0.454 e. The minimum absolute atomic E-state index is 0.356.